The zero-order valence-electron chi connectivity index (χ0n) is 11.4. The molecule has 106 valence electrons. The van der Waals surface area contributed by atoms with Crippen molar-refractivity contribution in [3.8, 4) is 0 Å². The lowest BCUT2D eigenvalue weighted by Crippen LogP contribution is -2.20. The summed E-state index contributed by atoms with van der Waals surface area (Å²) < 4.78 is 0. The number of hydrogen-bond donors (Lipinski definition) is 1. The van der Waals surface area contributed by atoms with Crippen molar-refractivity contribution in [2.24, 2.45) is 0 Å². The Morgan fingerprint density at radius 3 is 2.75 bits per heavy atom. The van der Waals surface area contributed by atoms with E-state index in [2.05, 4.69) is 23.7 Å². The van der Waals surface area contributed by atoms with Crippen molar-refractivity contribution >= 4 is 17.0 Å². The minimum absolute atomic E-state index is 0.182. The molecule has 0 radical (unpaired) electrons. The average molecular weight is 290 g/mol. The highest BCUT2D eigenvalue weighted by Gasteiger charge is 2.15. The van der Waals surface area contributed by atoms with Crippen LogP contribution in [0, 0.1) is 10.1 Å². The molecule has 0 saturated carbocycles. The Morgan fingerprint density at radius 1 is 1.30 bits per heavy atom. The SMILES string of the molecule is CCCC(NCc1ccccc1[N+](=O)[O-])c1cccs1. The Morgan fingerprint density at radius 2 is 2.10 bits per heavy atom. The van der Waals surface area contributed by atoms with Crippen LogP contribution in [0.15, 0.2) is 41.8 Å². The smallest absolute Gasteiger partial charge is 0.273 e. The van der Waals surface area contributed by atoms with Crippen LogP contribution in [-0.4, -0.2) is 4.92 Å². The molecule has 5 heteroatoms. The lowest BCUT2D eigenvalue weighted by atomic mass is 10.1. The van der Waals surface area contributed by atoms with E-state index < -0.39 is 0 Å². The summed E-state index contributed by atoms with van der Waals surface area (Å²) in [5.41, 5.74) is 0.914. The van der Waals surface area contributed by atoms with Gasteiger partial charge in [-0.1, -0.05) is 37.6 Å². The molecule has 0 aliphatic carbocycles. The third-order valence-electron chi connectivity index (χ3n) is 3.19. The monoisotopic (exact) mass is 290 g/mol. The Balaban J connectivity index is 2.08. The molecule has 2 aromatic rings. The van der Waals surface area contributed by atoms with E-state index in [1.165, 1.54) is 4.88 Å². The van der Waals surface area contributed by atoms with E-state index in [9.17, 15) is 10.1 Å². The second-order valence-corrected chi connectivity index (χ2v) is 5.60. The maximum atomic E-state index is 11.0. The van der Waals surface area contributed by atoms with Gasteiger partial charge in [-0.15, -0.1) is 11.3 Å². The standard InChI is InChI=1S/C15H18N2O2S/c1-2-6-13(15-9-5-10-20-15)16-11-12-7-3-4-8-14(12)17(18)19/h3-5,7-10,13,16H,2,6,11H2,1H3. The van der Waals surface area contributed by atoms with Crippen LogP contribution in [-0.2, 0) is 6.54 Å². The van der Waals surface area contributed by atoms with Gasteiger partial charge in [-0.05, 0) is 17.9 Å². The number of nitro benzene ring substituents is 1. The van der Waals surface area contributed by atoms with Gasteiger partial charge in [0, 0.05) is 29.1 Å². The molecule has 0 fully saturated rings. The molecule has 0 amide bonds. The molecule has 1 aromatic carbocycles. The Labute approximate surface area is 122 Å². The van der Waals surface area contributed by atoms with Crippen LogP contribution in [0.5, 0.6) is 0 Å². The van der Waals surface area contributed by atoms with E-state index in [0.29, 0.717) is 6.54 Å². The van der Waals surface area contributed by atoms with Gasteiger partial charge in [0.1, 0.15) is 0 Å². The largest absolute Gasteiger partial charge is 0.305 e. The first kappa shape index (κ1) is 14.7. The van der Waals surface area contributed by atoms with Gasteiger partial charge in [0.15, 0.2) is 0 Å². The van der Waals surface area contributed by atoms with Crippen LogP contribution in [0.2, 0.25) is 0 Å². The predicted molar refractivity (Wildman–Crippen MR) is 81.9 cm³/mol. The first-order chi connectivity index (χ1) is 9.72. The van der Waals surface area contributed by atoms with Crippen LogP contribution in [0.25, 0.3) is 0 Å². The van der Waals surface area contributed by atoms with Crippen LogP contribution < -0.4 is 5.32 Å². The number of thiophene rings is 1. The van der Waals surface area contributed by atoms with Gasteiger partial charge >= 0.3 is 0 Å². The fraction of sp³-hybridized carbons (Fsp3) is 0.333. The van der Waals surface area contributed by atoms with E-state index in [4.69, 9.17) is 0 Å². The minimum Gasteiger partial charge on any atom is -0.305 e. The number of rotatable bonds is 7. The Bertz CT molecular complexity index is 555. The normalized spacial score (nSPS) is 12.2. The van der Waals surface area contributed by atoms with E-state index >= 15 is 0 Å². The van der Waals surface area contributed by atoms with Gasteiger partial charge in [0.2, 0.25) is 0 Å². The maximum Gasteiger partial charge on any atom is 0.273 e. The molecule has 4 nitrogen and oxygen atoms in total. The third kappa shape index (κ3) is 3.65. The van der Waals surface area contributed by atoms with Crippen molar-refractivity contribution in [1.29, 1.82) is 0 Å². The van der Waals surface area contributed by atoms with Crippen molar-refractivity contribution < 1.29 is 4.92 Å². The fourth-order valence-corrected chi connectivity index (χ4v) is 3.03. The predicted octanol–water partition coefficient (Wildman–Crippen LogP) is 4.29. The minimum atomic E-state index is -0.322. The van der Waals surface area contributed by atoms with Gasteiger partial charge in [-0.2, -0.15) is 0 Å². The Kier molecular flexibility index (Phi) is 5.26. The fourth-order valence-electron chi connectivity index (χ4n) is 2.19. The second kappa shape index (κ2) is 7.17. The van der Waals surface area contributed by atoms with E-state index in [0.717, 1.165) is 18.4 Å². The molecule has 0 aliphatic heterocycles. The third-order valence-corrected chi connectivity index (χ3v) is 4.18. The number of benzene rings is 1. The second-order valence-electron chi connectivity index (χ2n) is 4.62. The molecule has 1 N–H and O–H groups in total. The first-order valence-electron chi connectivity index (χ1n) is 6.71. The average Bonchev–Trinajstić information content (AvgIpc) is 2.97. The highest BCUT2D eigenvalue weighted by Crippen LogP contribution is 2.25. The molecule has 1 unspecified atom stereocenters. The summed E-state index contributed by atoms with van der Waals surface area (Å²) in [6.45, 7) is 2.66. The van der Waals surface area contributed by atoms with E-state index in [1.54, 1.807) is 23.5 Å². The molecule has 0 aliphatic rings. The molecule has 0 spiro atoms. The zero-order valence-corrected chi connectivity index (χ0v) is 12.2. The number of hydrogen-bond acceptors (Lipinski definition) is 4. The number of nitrogens with zero attached hydrogens (tertiary/aromatic N) is 1. The highest BCUT2D eigenvalue weighted by atomic mass is 32.1. The lowest BCUT2D eigenvalue weighted by Gasteiger charge is -2.16. The van der Waals surface area contributed by atoms with Crippen LogP contribution in [0.4, 0.5) is 5.69 Å². The molecule has 1 heterocycles. The summed E-state index contributed by atoms with van der Waals surface area (Å²) in [6.07, 6.45) is 2.10. The number of nitro groups is 1. The molecular formula is C15H18N2O2S. The van der Waals surface area contributed by atoms with Gasteiger partial charge in [-0.25, -0.2) is 0 Å². The highest BCUT2D eigenvalue weighted by molar-refractivity contribution is 7.10. The summed E-state index contributed by atoms with van der Waals surface area (Å²) in [7, 11) is 0. The maximum absolute atomic E-state index is 11.0. The van der Waals surface area contributed by atoms with Crippen LogP contribution in [0.1, 0.15) is 36.2 Å². The van der Waals surface area contributed by atoms with Crippen molar-refractivity contribution in [3.63, 3.8) is 0 Å². The number of para-hydroxylation sites is 1. The van der Waals surface area contributed by atoms with E-state index in [1.807, 2.05) is 18.2 Å². The number of nitrogens with one attached hydrogen (secondary N) is 1. The van der Waals surface area contributed by atoms with Crippen LogP contribution in [0.3, 0.4) is 0 Å². The van der Waals surface area contributed by atoms with Gasteiger partial charge < -0.3 is 5.32 Å². The van der Waals surface area contributed by atoms with Crippen LogP contribution >= 0.6 is 11.3 Å². The van der Waals surface area contributed by atoms with Crippen molar-refractivity contribution in [3.05, 3.63) is 62.3 Å². The van der Waals surface area contributed by atoms with Crippen molar-refractivity contribution in [2.45, 2.75) is 32.4 Å². The van der Waals surface area contributed by atoms with Gasteiger partial charge in [0.25, 0.3) is 5.69 Å². The van der Waals surface area contributed by atoms with Crippen molar-refractivity contribution in [1.82, 2.24) is 5.32 Å². The lowest BCUT2D eigenvalue weighted by molar-refractivity contribution is -0.385. The van der Waals surface area contributed by atoms with Crippen molar-refractivity contribution in [2.75, 3.05) is 0 Å². The summed E-state index contributed by atoms with van der Waals surface area (Å²) in [5.74, 6) is 0. The van der Waals surface area contributed by atoms with Gasteiger partial charge in [0.05, 0.1) is 4.92 Å². The summed E-state index contributed by atoms with van der Waals surface area (Å²) >= 11 is 1.72. The first-order valence-corrected chi connectivity index (χ1v) is 7.59. The molecule has 0 saturated heterocycles. The summed E-state index contributed by atoms with van der Waals surface area (Å²) in [4.78, 5) is 12.0. The molecular weight excluding hydrogens is 272 g/mol. The molecule has 1 atom stereocenters. The Hall–Kier alpha value is -1.72. The molecule has 2 rings (SSSR count). The van der Waals surface area contributed by atoms with Gasteiger partial charge in [-0.3, -0.25) is 10.1 Å². The summed E-state index contributed by atoms with van der Waals surface area (Å²) in [6, 6.07) is 11.3. The summed E-state index contributed by atoms with van der Waals surface area (Å²) in [5, 5.41) is 16.5. The zero-order chi connectivity index (χ0) is 14.4. The quantitative estimate of drug-likeness (QED) is 0.611. The molecule has 1 aromatic heterocycles. The van der Waals surface area contributed by atoms with E-state index in [-0.39, 0.29) is 16.7 Å². The topological polar surface area (TPSA) is 55.2 Å². The molecule has 20 heavy (non-hydrogen) atoms. The molecule has 0 bridgehead atoms.